The van der Waals surface area contributed by atoms with E-state index in [-0.39, 0.29) is 0 Å². The zero-order valence-corrected chi connectivity index (χ0v) is 10.1. The number of benzene rings is 1. The first-order chi connectivity index (χ1) is 8.16. The van der Waals surface area contributed by atoms with Gasteiger partial charge >= 0.3 is 0 Å². The first-order valence-electron chi connectivity index (χ1n) is 5.56. The van der Waals surface area contributed by atoms with E-state index in [4.69, 9.17) is 10.5 Å². The molecule has 88 valence electrons. The Morgan fingerprint density at radius 1 is 1.24 bits per heavy atom. The Morgan fingerprint density at radius 3 is 2.76 bits per heavy atom. The molecule has 0 aliphatic carbocycles. The van der Waals surface area contributed by atoms with Crippen LogP contribution >= 0.6 is 0 Å². The number of nitrogen functional groups attached to an aromatic ring is 1. The van der Waals surface area contributed by atoms with Crippen molar-refractivity contribution in [2.75, 3.05) is 5.73 Å². The number of aryl methyl sites for hydroxylation is 2. The van der Waals surface area contributed by atoms with Crippen molar-refractivity contribution in [2.45, 2.75) is 20.5 Å². The highest BCUT2D eigenvalue weighted by Crippen LogP contribution is 2.23. The zero-order chi connectivity index (χ0) is 12.3. The molecule has 1 aromatic carbocycles. The van der Waals surface area contributed by atoms with E-state index in [1.54, 1.807) is 6.20 Å². The molecule has 0 saturated heterocycles. The molecule has 0 atom stereocenters. The quantitative estimate of drug-likeness (QED) is 0.822. The molecule has 0 bridgehead atoms. The second kappa shape index (κ2) is 4.87. The van der Waals surface area contributed by atoms with Gasteiger partial charge in [-0.1, -0.05) is 12.1 Å². The maximum Gasteiger partial charge on any atom is 0.142 e. The largest absolute Gasteiger partial charge is 0.485 e. The van der Waals surface area contributed by atoms with Crippen molar-refractivity contribution in [3.05, 3.63) is 53.3 Å². The van der Waals surface area contributed by atoms with Gasteiger partial charge in [-0.25, -0.2) is 0 Å². The minimum Gasteiger partial charge on any atom is -0.485 e. The Bertz CT molecular complexity index is 523. The van der Waals surface area contributed by atoms with Crippen LogP contribution in [0.3, 0.4) is 0 Å². The summed E-state index contributed by atoms with van der Waals surface area (Å²) in [7, 11) is 0. The standard InChI is InChI=1S/C14H16N2O/c1-10-5-6-14(12(15)8-10)17-9-13-11(2)4-3-7-16-13/h3-8H,9,15H2,1-2H3. The average molecular weight is 228 g/mol. The zero-order valence-electron chi connectivity index (χ0n) is 10.1. The van der Waals surface area contributed by atoms with Crippen molar-refractivity contribution in [3.8, 4) is 5.75 Å². The van der Waals surface area contributed by atoms with Crippen LogP contribution in [-0.2, 0) is 6.61 Å². The molecule has 1 aromatic heterocycles. The molecule has 0 saturated carbocycles. The molecule has 2 aromatic rings. The van der Waals surface area contributed by atoms with Crippen molar-refractivity contribution in [1.82, 2.24) is 4.98 Å². The maximum atomic E-state index is 5.88. The van der Waals surface area contributed by atoms with Crippen LogP contribution in [0.2, 0.25) is 0 Å². The van der Waals surface area contributed by atoms with Crippen molar-refractivity contribution in [1.29, 1.82) is 0 Å². The fraction of sp³-hybridized carbons (Fsp3) is 0.214. The van der Waals surface area contributed by atoms with E-state index in [9.17, 15) is 0 Å². The number of pyridine rings is 1. The number of ether oxygens (including phenoxy) is 1. The van der Waals surface area contributed by atoms with Crippen LogP contribution in [0.15, 0.2) is 36.5 Å². The normalized spacial score (nSPS) is 10.2. The summed E-state index contributed by atoms with van der Waals surface area (Å²) in [5, 5.41) is 0. The van der Waals surface area contributed by atoms with Crippen LogP contribution in [0.1, 0.15) is 16.8 Å². The van der Waals surface area contributed by atoms with Gasteiger partial charge in [0.1, 0.15) is 12.4 Å². The van der Waals surface area contributed by atoms with Gasteiger partial charge in [-0.3, -0.25) is 4.98 Å². The minimum absolute atomic E-state index is 0.444. The number of hydrogen-bond donors (Lipinski definition) is 1. The van der Waals surface area contributed by atoms with E-state index >= 15 is 0 Å². The predicted octanol–water partition coefficient (Wildman–Crippen LogP) is 2.86. The van der Waals surface area contributed by atoms with Gasteiger partial charge in [-0.15, -0.1) is 0 Å². The number of rotatable bonds is 3. The summed E-state index contributed by atoms with van der Waals surface area (Å²) in [6.07, 6.45) is 1.77. The molecule has 0 aliphatic rings. The van der Waals surface area contributed by atoms with Crippen LogP contribution in [-0.4, -0.2) is 4.98 Å². The third-order valence-corrected chi connectivity index (χ3v) is 2.65. The van der Waals surface area contributed by atoms with Crippen LogP contribution in [0.25, 0.3) is 0 Å². The third-order valence-electron chi connectivity index (χ3n) is 2.65. The molecule has 0 fully saturated rings. The lowest BCUT2D eigenvalue weighted by Gasteiger charge is -2.10. The fourth-order valence-electron chi connectivity index (χ4n) is 1.61. The average Bonchev–Trinajstić information content (AvgIpc) is 2.30. The van der Waals surface area contributed by atoms with Gasteiger partial charge in [-0.2, -0.15) is 0 Å². The minimum atomic E-state index is 0.444. The molecule has 0 radical (unpaired) electrons. The van der Waals surface area contributed by atoms with E-state index in [0.29, 0.717) is 18.0 Å². The highest BCUT2D eigenvalue weighted by atomic mass is 16.5. The van der Waals surface area contributed by atoms with Gasteiger partial charge < -0.3 is 10.5 Å². The number of aromatic nitrogens is 1. The lowest BCUT2D eigenvalue weighted by atomic mass is 10.2. The molecule has 2 N–H and O–H groups in total. The van der Waals surface area contributed by atoms with Gasteiger partial charge in [0.25, 0.3) is 0 Å². The molecule has 0 aliphatic heterocycles. The van der Waals surface area contributed by atoms with E-state index in [1.807, 2.05) is 44.2 Å². The Balaban J connectivity index is 2.10. The predicted molar refractivity (Wildman–Crippen MR) is 68.9 cm³/mol. The Labute approximate surface area is 101 Å². The summed E-state index contributed by atoms with van der Waals surface area (Å²) in [6, 6.07) is 9.71. The molecule has 3 heteroatoms. The monoisotopic (exact) mass is 228 g/mol. The van der Waals surface area contributed by atoms with Crippen LogP contribution in [0.4, 0.5) is 5.69 Å². The van der Waals surface area contributed by atoms with Crippen LogP contribution in [0.5, 0.6) is 5.75 Å². The second-order valence-electron chi connectivity index (χ2n) is 4.10. The lowest BCUT2D eigenvalue weighted by molar-refractivity contribution is 0.302. The number of nitrogens with two attached hydrogens (primary N) is 1. The highest BCUT2D eigenvalue weighted by Gasteiger charge is 2.03. The highest BCUT2D eigenvalue weighted by molar-refractivity contribution is 5.54. The second-order valence-corrected chi connectivity index (χ2v) is 4.10. The molecular formula is C14H16N2O. The van der Waals surface area contributed by atoms with Crippen molar-refractivity contribution in [3.63, 3.8) is 0 Å². The van der Waals surface area contributed by atoms with Crippen molar-refractivity contribution in [2.24, 2.45) is 0 Å². The smallest absolute Gasteiger partial charge is 0.142 e. The number of anilines is 1. The van der Waals surface area contributed by atoms with Crippen molar-refractivity contribution >= 4 is 5.69 Å². The van der Waals surface area contributed by atoms with Crippen LogP contribution in [0, 0.1) is 13.8 Å². The van der Waals surface area contributed by atoms with E-state index in [0.717, 1.165) is 16.8 Å². The SMILES string of the molecule is Cc1ccc(OCc2ncccc2C)c(N)c1. The molecule has 2 rings (SSSR count). The molecular weight excluding hydrogens is 212 g/mol. The summed E-state index contributed by atoms with van der Waals surface area (Å²) in [6.45, 7) is 4.47. The third kappa shape index (κ3) is 2.75. The van der Waals surface area contributed by atoms with E-state index < -0.39 is 0 Å². The molecule has 3 nitrogen and oxygen atoms in total. The van der Waals surface area contributed by atoms with Gasteiger partial charge in [0, 0.05) is 6.20 Å². The maximum absolute atomic E-state index is 5.88. The van der Waals surface area contributed by atoms with Gasteiger partial charge in [-0.05, 0) is 43.2 Å². The molecule has 0 unspecified atom stereocenters. The summed E-state index contributed by atoms with van der Waals surface area (Å²) in [4.78, 5) is 4.27. The van der Waals surface area contributed by atoms with Crippen molar-refractivity contribution < 1.29 is 4.74 Å². The van der Waals surface area contributed by atoms with E-state index in [1.165, 1.54) is 0 Å². The first-order valence-corrected chi connectivity index (χ1v) is 5.56. The topological polar surface area (TPSA) is 48.1 Å². The summed E-state index contributed by atoms with van der Waals surface area (Å²) in [5.41, 5.74) is 9.73. The van der Waals surface area contributed by atoms with Gasteiger partial charge in [0.05, 0.1) is 11.4 Å². The summed E-state index contributed by atoms with van der Waals surface area (Å²) >= 11 is 0. The Morgan fingerprint density at radius 2 is 2.06 bits per heavy atom. The Kier molecular flexibility index (Phi) is 3.28. The van der Waals surface area contributed by atoms with Gasteiger partial charge in [0.2, 0.25) is 0 Å². The summed E-state index contributed by atoms with van der Waals surface area (Å²) in [5.74, 6) is 0.709. The van der Waals surface area contributed by atoms with Gasteiger partial charge in [0.15, 0.2) is 0 Å². The molecule has 17 heavy (non-hydrogen) atoms. The summed E-state index contributed by atoms with van der Waals surface area (Å²) < 4.78 is 5.67. The number of nitrogens with zero attached hydrogens (tertiary/aromatic N) is 1. The lowest BCUT2D eigenvalue weighted by Crippen LogP contribution is -2.02. The molecule has 0 spiro atoms. The number of hydrogen-bond acceptors (Lipinski definition) is 3. The molecule has 1 heterocycles. The van der Waals surface area contributed by atoms with Crippen LogP contribution < -0.4 is 10.5 Å². The Hall–Kier alpha value is -2.03. The molecule has 0 amide bonds. The fourth-order valence-corrected chi connectivity index (χ4v) is 1.61. The first kappa shape index (κ1) is 11.5. The van der Waals surface area contributed by atoms with E-state index in [2.05, 4.69) is 4.98 Å².